The Bertz CT molecular complexity index is 2530. The minimum Gasteiger partial charge on any atom is -0.310 e. The minimum absolute atomic E-state index is 0.916. The third kappa shape index (κ3) is 11.7. The van der Waals surface area contributed by atoms with Gasteiger partial charge in [0, 0.05) is 17.1 Å². The lowest BCUT2D eigenvalue weighted by Gasteiger charge is -2.29. The van der Waals surface area contributed by atoms with Crippen LogP contribution in [0.4, 0.5) is 11.4 Å². The van der Waals surface area contributed by atoms with E-state index in [1.807, 2.05) is 12.2 Å². The first-order valence-corrected chi connectivity index (χ1v) is 21.5. The van der Waals surface area contributed by atoms with E-state index >= 15 is 0 Å². The molecule has 0 spiro atoms. The summed E-state index contributed by atoms with van der Waals surface area (Å²) in [6.45, 7) is 28.5. The molecule has 0 saturated carbocycles. The van der Waals surface area contributed by atoms with Crippen molar-refractivity contribution in [3.8, 4) is 0 Å². The predicted molar refractivity (Wildman–Crippen MR) is 272 cm³/mol. The lowest BCUT2D eigenvalue weighted by Crippen LogP contribution is -2.15. The van der Waals surface area contributed by atoms with Crippen molar-refractivity contribution in [1.82, 2.24) is 0 Å². The van der Waals surface area contributed by atoms with Crippen molar-refractivity contribution >= 4 is 34.3 Å². The quantitative estimate of drug-likeness (QED) is 0.108. The summed E-state index contributed by atoms with van der Waals surface area (Å²) < 4.78 is 0. The summed E-state index contributed by atoms with van der Waals surface area (Å²) in [5, 5.41) is 0. The Morgan fingerprint density at radius 1 is 0.738 bits per heavy atom. The number of hydrogen-bond acceptors (Lipinski definition) is 1. The SMILES string of the molecule is C=C/C=C\c1cccc(C2=C(\C=C/C)C(/C=C(\C)c3ccc(C(=C)N(c4ccccc4)c4ccccc4C)cc3)=C(C(=C)\C=C/C(/C=C\C)=C(\C)CC)\C(C)=C\CC\C=C\2)c1. The lowest BCUT2D eigenvalue weighted by atomic mass is 9.83. The van der Waals surface area contributed by atoms with Crippen molar-refractivity contribution in [2.45, 2.75) is 67.7 Å². The van der Waals surface area contributed by atoms with E-state index in [4.69, 9.17) is 6.58 Å². The van der Waals surface area contributed by atoms with E-state index in [0.717, 1.165) is 92.0 Å². The molecule has 4 aromatic carbocycles. The maximum absolute atomic E-state index is 4.79. The Labute approximate surface area is 368 Å². The van der Waals surface area contributed by atoms with Gasteiger partial charge in [-0.25, -0.2) is 0 Å². The molecule has 0 amide bonds. The van der Waals surface area contributed by atoms with Gasteiger partial charge in [-0.2, -0.15) is 0 Å². The number of aryl methyl sites for hydroxylation is 1. The Balaban J connectivity index is 1.74. The minimum atomic E-state index is 0.916. The number of nitrogens with zero attached hydrogens (tertiary/aromatic N) is 1. The first kappa shape index (κ1) is 45.4. The summed E-state index contributed by atoms with van der Waals surface area (Å²) in [4.78, 5) is 2.25. The molecule has 0 saturated heterocycles. The summed E-state index contributed by atoms with van der Waals surface area (Å²) in [7, 11) is 0. The molecule has 5 rings (SSSR count). The van der Waals surface area contributed by atoms with Gasteiger partial charge in [-0.05, 0) is 157 Å². The zero-order valence-electron chi connectivity index (χ0n) is 37.5. The Kier molecular flexibility index (Phi) is 16.8. The second-order valence-electron chi connectivity index (χ2n) is 15.5. The zero-order chi connectivity index (χ0) is 43.7. The third-order valence-electron chi connectivity index (χ3n) is 11.1. The molecular formula is C60H63N. The fraction of sp³-hybridized carbons (Fsp3) is 0.167. The van der Waals surface area contributed by atoms with Crippen molar-refractivity contribution in [3.05, 3.63) is 263 Å². The number of rotatable bonds is 15. The Hall–Kier alpha value is -6.70. The molecular weight excluding hydrogens is 735 g/mol. The van der Waals surface area contributed by atoms with E-state index in [-0.39, 0.29) is 0 Å². The molecule has 1 aliphatic rings. The normalized spacial score (nSPS) is 18.3. The van der Waals surface area contributed by atoms with Crippen molar-refractivity contribution in [2.24, 2.45) is 0 Å². The van der Waals surface area contributed by atoms with Crippen molar-refractivity contribution < 1.29 is 0 Å². The van der Waals surface area contributed by atoms with Crippen LogP contribution in [0.3, 0.4) is 0 Å². The van der Waals surface area contributed by atoms with Gasteiger partial charge in [-0.3, -0.25) is 0 Å². The number of allylic oxidation sites excluding steroid dienone is 21. The average Bonchev–Trinajstić information content (AvgIpc) is 3.28. The van der Waals surface area contributed by atoms with E-state index in [1.54, 1.807) is 0 Å². The van der Waals surface area contributed by atoms with Crippen LogP contribution in [-0.4, -0.2) is 0 Å². The van der Waals surface area contributed by atoms with Gasteiger partial charge in [0.1, 0.15) is 0 Å². The molecule has 0 radical (unpaired) electrons. The molecule has 1 aliphatic carbocycles. The van der Waals surface area contributed by atoms with Crippen molar-refractivity contribution in [1.29, 1.82) is 0 Å². The molecule has 308 valence electrons. The molecule has 0 unspecified atom stereocenters. The van der Waals surface area contributed by atoms with Crippen LogP contribution < -0.4 is 4.90 Å². The number of benzene rings is 4. The van der Waals surface area contributed by atoms with Gasteiger partial charge in [0.2, 0.25) is 0 Å². The summed E-state index contributed by atoms with van der Waals surface area (Å²) in [5.74, 6) is 0. The smallest absolute Gasteiger partial charge is 0.0490 e. The van der Waals surface area contributed by atoms with Gasteiger partial charge in [-0.1, -0.05) is 190 Å². The summed E-state index contributed by atoms with van der Waals surface area (Å²) in [6.07, 6.45) is 31.3. The van der Waals surface area contributed by atoms with Crippen LogP contribution in [0.15, 0.2) is 235 Å². The van der Waals surface area contributed by atoms with Gasteiger partial charge < -0.3 is 4.90 Å². The first-order valence-electron chi connectivity index (χ1n) is 21.5. The highest BCUT2D eigenvalue weighted by Gasteiger charge is 2.19. The summed E-state index contributed by atoms with van der Waals surface area (Å²) in [5.41, 5.74) is 19.2. The summed E-state index contributed by atoms with van der Waals surface area (Å²) in [6, 6.07) is 36.6. The fourth-order valence-corrected chi connectivity index (χ4v) is 7.63. The maximum Gasteiger partial charge on any atom is 0.0490 e. The topological polar surface area (TPSA) is 3.24 Å². The average molecular weight is 798 g/mol. The second-order valence-corrected chi connectivity index (χ2v) is 15.5. The molecule has 0 bridgehead atoms. The highest BCUT2D eigenvalue weighted by molar-refractivity contribution is 5.89. The van der Waals surface area contributed by atoms with Gasteiger partial charge in [0.25, 0.3) is 0 Å². The molecule has 0 N–H and O–H groups in total. The second kappa shape index (κ2) is 22.6. The summed E-state index contributed by atoms with van der Waals surface area (Å²) >= 11 is 0. The van der Waals surface area contributed by atoms with Crippen molar-refractivity contribution in [3.63, 3.8) is 0 Å². The van der Waals surface area contributed by atoms with Crippen LogP contribution in [0.2, 0.25) is 0 Å². The molecule has 4 aromatic rings. The van der Waals surface area contributed by atoms with Crippen LogP contribution in [0, 0.1) is 6.92 Å². The molecule has 0 aliphatic heterocycles. The number of hydrogen-bond donors (Lipinski definition) is 0. The van der Waals surface area contributed by atoms with E-state index in [2.05, 4.69) is 236 Å². The van der Waals surface area contributed by atoms with Crippen LogP contribution >= 0.6 is 0 Å². The zero-order valence-corrected chi connectivity index (χ0v) is 37.5. The van der Waals surface area contributed by atoms with Crippen LogP contribution in [0.25, 0.3) is 22.9 Å². The fourth-order valence-electron chi connectivity index (χ4n) is 7.63. The molecule has 1 heteroatoms. The maximum atomic E-state index is 4.79. The van der Waals surface area contributed by atoms with Crippen LogP contribution in [0.1, 0.15) is 88.6 Å². The largest absolute Gasteiger partial charge is 0.310 e. The highest BCUT2D eigenvalue weighted by Crippen LogP contribution is 2.39. The van der Waals surface area contributed by atoms with Gasteiger partial charge >= 0.3 is 0 Å². The number of anilines is 2. The van der Waals surface area contributed by atoms with Gasteiger partial charge in [-0.15, -0.1) is 0 Å². The standard InChI is InChI=1S/C60H63N/c1-11-15-29-50-30-24-31-54(43-50)56-34-21-16-18-28-46(7)60(47(8)36-37-51(25-12-2)44(5)14-4)58(57(56)26-13-3)42-48(9)52-38-40-53(41-39-52)49(10)61(55-32-19-17-20-33-55)59-35-23-22-27-45(59)6/h11-13,15,17,19-43H,1,8,10,14,16,18H2,2-7,9H3/b25-12-,26-13-,29-15-,34-21+,37-36-,46-28+,48-42+,51-44+,57-56+,60-58+. The molecule has 0 aromatic heterocycles. The molecule has 61 heavy (non-hydrogen) atoms. The molecule has 1 nitrogen and oxygen atoms in total. The molecule has 0 atom stereocenters. The van der Waals surface area contributed by atoms with Gasteiger partial charge in [0.05, 0.1) is 0 Å². The van der Waals surface area contributed by atoms with Crippen molar-refractivity contribution in [2.75, 3.05) is 4.90 Å². The highest BCUT2D eigenvalue weighted by atomic mass is 15.1. The number of para-hydroxylation sites is 2. The third-order valence-corrected chi connectivity index (χ3v) is 11.1. The van der Waals surface area contributed by atoms with E-state index in [0.29, 0.717) is 0 Å². The van der Waals surface area contributed by atoms with Gasteiger partial charge in [0.15, 0.2) is 0 Å². The Morgan fingerprint density at radius 3 is 2.15 bits per heavy atom. The Morgan fingerprint density at radius 2 is 1.46 bits per heavy atom. The molecule has 0 fully saturated rings. The van der Waals surface area contributed by atoms with E-state index < -0.39 is 0 Å². The molecule has 0 heterocycles. The lowest BCUT2D eigenvalue weighted by molar-refractivity contribution is 1.03. The van der Waals surface area contributed by atoms with E-state index in [9.17, 15) is 0 Å². The van der Waals surface area contributed by atoms with Crippen LogP contribution in [0.5, 0.6) is 0 Å². The monoisotopic (exact) mass is 797 g/mol. The van der Waals surface area contributed by atoms with E-state index in [1.165, 1.54) is 22.3 Å². The van der Waals surface area contributed by atoms with Crippen LogP contribution in [-0.2, 0) is 0 Å². The predicted octanol–water partition coefficient (Wildman–Crippen LogP) is 17.4. The first-order chi connectivity index (χ1) is 29.6.